The Hall–Kier alpha value is -5.52. The van der Waals surface area contributed by atoms with Crippen LogP contribution in [0.2, 0.25) is 0 Å². The molecule has 3 heterocycles. The fraction of sp³-hybridized carbons (Fsp3) is 0.188. The molecule has 1 saturated carbocycles. The minimum atomic E-state index is -0.891. The number of hydrogen-bond donors (Lipinski definition) is 2. The lowest BCUT2D eigenvalue weighted by Gasteiger charge is -2.16. The van der Waals surface area contributed by atoms with Crippen molar-refractivity contribution in [3.63, 3.8) is 0 Å². The van der Waals surface area contributed by atoms with Gasteiger partial charge in [-0.15, -0.1) is 0 Å². The summed E-state index contributed by atoms with van der Waals surface area (Å²) in [6.07, 6.45) is 4.21. The van der Waals surface area contributed by atoms with E-state index in [1.54, 1.807) is 19.1 Å². The van der Waals surface area contributed by atoms with Crippen LogP contribution in [0.1, 0.15) is 40.4 Å². The molecule has 0 saturated heterocycles. The highest BCUT2D eigenvalue weighted by Gasteiger charge is 2.29. The summed E-state index contributed by atoms with van der Waals surface area (Å²) in [4.78, 5) is 45.2. The predicted octanol–water partition coefficient (Wildman–Crippen LogP) is 5.60. The number of benzene rings is 2. The molecule has 0 aliphatic heterocycles. The van der Waals surface area contributed by atoms with Crippen LogP contribution in [0.5, 0.6) is 23.0 Å². The van der Waals surface area contributed by atoms with Gasteiger partial charge in [0.25, 0.3) is 11.5 Å². The third-order valence-corrected chi connectivity index (χ3v) is 7.38. The number of carbonyl (C=O) groups excluding carboxylic acids is 1. The van der Waals surface area contributed by atoms with Gasteiger partial charge < -0.3 is 24.5 Å². The number of nitrogens with one attached hydrogen (secondary N) is 2. The maximum Gasteiger partial charge on any atom is 0.268 e. The second-order valence-electron chi connectivity index (χ2n) is 10.3. The fourth-order valence-electron chi connectivity index (χ4n) is 5.02. The van der Waals surface area contributed by atoms with Gasteiger partial charge in [0.1, 0.15) is 5.56 Å². The van der Waals surface area contributed by atoms with Crippen molar-refractivity contribution in [1.29, 1.82) is 0 Å². The van der Waals surface area contributed by atoms with Gasteiger partial charge in [-0.05, 0) is 61.6 Å². The van der Waals surface area contributed by atoms with Crippen LogP contribution in [0, 0.1) is 18.6 Å². The molecule has 0 atom stereocenters. The van der Waals surface area contributed by atoms with Crippen molar-refractivity contribution in [2.45, 2.75) is 25.7 Å². The number of anilines is 1. The van der Waals surface area contributed by atoms with E-state index in [1.807, 2.05) is 0 Å². The maximum absolute atomic E-state index is 15.2. The Morgan fingerprint density at radius 1 is 0.977 bits per heavy atom. The highest BCUT2D eigenvalue weighted by Crippen LogP contribution is 2.41. The van der Waals surface area contributed by atoms with Gasteiger partial charge in [-0.25, -0.2) is 8.78 Å². The Labute approximate surface area is 248 Å². The molecule has 1 aliphatic rings. The summed E-state index contributed by atoms with van der Waals surface area (Å²) in [6.45, 7) is 1.71. The Bertz CT molecular complexity index is 2070. The third-order valence-electron chi connectivity index (χ3n) is 7.38. The molecule has 1 amide bonds. The Kier molecular flexibility index (Phi) is 7.33. The van der Waals surface area contributed by atoms with E-state index in [2.05, 4.69) is 15.3 Å². The number of nitrogens with zero attached hydrogens (tertiary/aromatic N) is 2. The van der Waals surface area contributed by atoms with Crippen molar-refractivity contribution in [3.8, 4) is 28.7 Å². The van der Waals surface area contributed by atoms with Gasteiger partial charge in [0.2, 0.25) is 5.56 Å². The standard InChI is InChI=1S/C32H26F2N4O6/c1-16-10-29(39)36-15-25(16)38-24(17-4-5-17)8-7-19(32(38)41)31(40)37-18-6-9-26(21(33)11-18)44-30-20-12-27(42-2)28(43-3)13-23(20)35-14-22(30)34/h6-15,17H,4-5H2,1-3H3,(H,36,39)(H,37,40). The first-order valence-corrected chi connectivity index (χ1v) is 13.6. The summed E-state index contributed by atoms with van der Waals surface area (Å²) >= 11 is 0. The van der Waals surface area contributed by atoms with E-state index >= 15 is 4.39 Å². The fourth-order valence-corrected chi connectivity index (χ4v) is 5.02. The monoisotopic (exact) mass is 600 g/mol. The number of aromatic amines is 1. The summed E-state index contributed by atoms with van der Waals surface area (Å²) in [5, 5.41) is 2.77. The Balaban J connectivity index is 1.29. The van der Waals surface area contributed by atoms with Gasteiger partial charge in [-0.3, -0.25) is 23.9 Å². The normalized spacial score (nSPS) is 12.7. The molecule has 1 aliphatic carbocycles. The van der Waals surface area contributed by atoms with Gasteiger partial charge in [0.15, 0.2) is 34.6 Å². The molecule has 3 aromatic heterocycles. The number of pyridine rings is 3. The lowest BCUT2D eigenvalue weighted by atomic mass is 10.1. The second kappa shape index (κ2) is 11.3. The molecule has 2 N–H and O–H groups in total. The number of halogens is 2. The zero-order valence-corrected chi connectivity index (χ0v) is 23.9. The minimum Gasteiger partial charge on any atom is -0.493 e. The first-order chi connectivity index (χ1) is 21.2. The van der Waals surface area contributed by atoms with Crippen LogP contribution in [0.15, 0.2) is 70.5 Å². The number of fused-ring (bicyclic) bond motifs is 1. The molecule has 0 radical (unpaired) electrons. The summed E-state index contributed by atoms with van der Waals surface area (Å²) in [5.74, 6) is -2.22. The number of ether oxygens (including phenoxy) is 3. The van der Waals surface area contributed by atoms with E-state index in [9.17, 15) is 18.8 Å². The number of hydrogen-bond acceptors (Lipinski definition) is 7. The van der Waals surface area contributed by atoms with Crippen molar-refractivity contribution < 1.29 is 27.8 Å². The van der Waals surface area contributed by atoms with Crippen LogP contribution < -0.4 is 30.6 Å². The average molecular weight is 601 g/mol. The lowest BCUT2D eigenvalue weighted by molar-refractivity contribution is 0.102. The lowest BCUT2D eigenvalue weighted by Crippen LogP contribution is -2.31. The van der Waals surface area contributed by atoms with Crippen LogP contribution in [0.3, 0.4) is 0 Å². The molecule has 1 fully saturated rings. The van der Waals surface area contributed by atoms with E-state index in [4.69, 9.17) is 14.2 Å². The molecule has 10 nitrogen and oxygen atoms in total. The van der Waals surface area contributed by atoms with Gasteiger partial charge in [0, 0.05) is 41.2 Å². The van der Waals surface area contributed by atoms with Crippen LogP contribution in [0.25, 0.3) is 16.6 Å². The van der Waals surface area contributed by atoms with E-state index in [0.29, 0.717) is 28.3 Å². The largest absolute Gasteiger partial charge is 0.493 e. The van der Waals surface area contributed by atoms with E-state index in [-0.39, 0.29) is 39.6 Å². The summed E-state index contributed by atoms with van der Waals surface area (Å²) in [7, 11) is 2.87. The molecule has 5 aromatic rings. The first-order valence-electron chi connectivity index (χ1n) is 13.6. The number of amides is 1. The Morgan fingerprint density at radius 3 is 2.41 bits per heavy atom. The van der Waals surface area contributed by atoms with Gasteiger partial charge in [-0.2, -0.15) is 0 Å². The summed E-state index contributed by atoms with van der Waals surface area (Å²) < 4.78 is 47.7. The van der Waals surface area contributed by atoms with Crippen molar-refractivity contribution >= 4 is 22.5 Å². The molecule has 44 heavy (non-hydrogen) atoms. The van der Waals surface area contributed by atoms with Crippen molar-refractivity contribution in [3.05, 3.63) is 110 Å². The molecule has 0 bridgehead atoms. The number of H-pyrrole nitrogens is 1. The van der Waals surface area contributed by atoms with Crippen LogP contribution in [0.4, 0.5) is 14.5 Å². The number of rotatable bonds is 8. The van der Waals surface area contributed by atoms with Crippen LogP contribution in [-0.2, 0) is 0 Å². The summed E-state index contributed by atoms with van der Waals surface area (Å²) in [5.41, 5.74) is 1.10. The summed E-state index contributed by atoms with van der Waals surface area (Å²) in [6, 6.07) is 11.2. The molecule has 224 valence electrons. The predicted molar refractivity (Wildman–Crippen MR) is 159 cm³/mol. The highest BCUT2D eigenvalue weighted by atomic mass is 19.1. The van der Waals surface area contributed by atoms with E-state index in [1.165, 1.54) is 55.3 Å². The number of methoxy groups -OCH3 is 2. The van der Waals surface area contributed by atoms with E-state index in [0.717, 1.165) is 30.8 Å². The van der Waals surface area contributed by atoms with Crippen molar-refractivity contribution in [2.24, 2.45) is 0 Å². The first kappa shape index (κ1) is 28.6. The van der Waals surface area contributed by atoms with Crippen molar-refractivity contribution in [2.75, 3.05) is 19.5 Å². The SMILES string of the molecule is COc1cc2ncc(F)c(Oc3ccc(NC(=O)c4ccc(C5CC5)n(-c5c[nH]c(=O)cc5C)c4=O)cc3F)c2cc1OC. The number of carbonyl (C=O) groups is 1. The average Bonchev–Trinajstić information content (AvgIpc) is 3.85. The number of aromatic nitrogens is 3. The van der Waals surface area contributed by atoms with Gasteiger partial charge in [-0.1, -0.05) is 0 Å². The Morgan fingerprint density at radius 2 is 1.73 bits per heavy atom. The third kappa shape index (κ3) is 5.26. The zero-order chi connectivity index (χ0) is 31.1. The topological polar surface area (TPSA) is 125 Å². The van der Waals surface area contributed by atoms with Crippen molar-refractivity contribution in [1.82, 2.24) is 14.5 Å². The molecule has 12 heteroatoms. The van der Waals surface area contributed by atoms with Gasteiger partial charge in [0.05, 0.1) is 31.6 Å². The molecule has 2 aromatic carbocycles. The highest BCUT2D eigenvalue weighted by molar-refractivity contribution is 6.04. The smallest absolute Gasteiger partial charge is 0.268 e. The molecular weight excluding hydrogens is 574 g/mol. The quantitative estimate of drug-likeness (QED) is 0.238. The molecule has 0 unspecified atom stereocenters. The molecule has 0 spiro atoms. The molecular formula is C32H26F2N4O6. The molecule has 6 rings (SSSR count). The van der Waals surface area contributed by atoms with Crippen LogP contribution in [-0.4, -0.2) is 34.7 Å². The van der Waals surface area contributed by atoms with E-state index < -0.39 is 23.1 Å². The minimum absolute atomic E-state index is 0.0451. The zero-order valence-electron chi connectivity index (χ0n) is 23.9. The maximum atomic E-state index is 15.2. The van der Waals surface area contributed by atoms with Crippen LogP contribution >= 0.6 is 0 Å². The van der Waals surface area contributed by atoms with Gasteiger partial charge >= 0.3 is 0 Å². The second-order valence-corrected chi connectivity index (χ2v) is 10.3. The number of aryl methyl sites for hydroxylation is 1.